The molecule has 2 aromatic carbocycles. The van der Waals surface area contributed by atoms with Gasteiger partial charge in [-0.1, -0.05) is 6.07 Å². The van der Waals surface area contributed by atoms with E-state index in [1.165, 1.54) is 13.3 Å². The van der Waals surface area contributed by atoms with Gasteiger partial charge >= 0.3 is 5.97 Å². The van der Waals surface area contributed by atoms with Gasteiger partial charge in [-0.3, -0.25) is 9.78 Å². The monoisotopic (exact) mass is 391 g/mol. The van der Waals surface area contributed by atoms with Crippen LogP contribution in [0.2, 0.25) is 0 Å². The lowest BCUT2D eigenvalue weighted by Crippen LogP contribution is -2.13. The van der Waals surface area contributed by atoms with E-state index in [-0.39, 0.29) is 18.4 Å². The molecular formula is C21H17N3O5. The number of hydrogen-bond donors (Lipinski definition) is 2. The number of nitrogens with zero attached hydrogens (tertiary/aromatic N) is 1. The van der Waals surface area contributed by atoms with Crippen LogP contribution in [0, 0.1) is 0 Å². The third kappa shape index (κ3) is 4.11. The smallest absolute Gasteiger partial charge is 0.337 e. The molecule has 0 spiro atoms. The van der Waals surface area contributed by atoms with E-state index in [1.807, 2.05) is 0 Å². The maximum atomic E-state index is 12.6. The maximum Gasteiger partial charge on any atom is 0.337 e. The molecule has 0 saturated heterocycles. The number of pyridine rings is 1. The minimum absolute atomic E-state index is 0.166. The molecule has 146 valence electrons. The summed E-state index contributed by atoms with van der Waals surface area (Å²) in [5.74, 6) is 0.432. The van der Waals surface area contributed by atoms with Crippen molar-refractivity contribution in [1.29, 1.82) is 0 Å². The average molecular weight is 391 g/mol. The lowest BCUT2D eigenvalue weighted by Gasteiger charge is -2.10. The SMILES string of the molecule is COC(=O)c1cccc(Nc2ccnc(C(=O)Nc3ccc4c(c3)OCO4)c2)c1. The van der Waals surface area contributed by atoms with Gasteiger partial charge in [-0.2, -0.15) is 0 Å². The average Bonchev–Trinajstić information content (AvgIpc) is 3.21. The van der Waals surface area contributed by atoms with E-state index in [0.717, 1.165) is 0 Å². The third-order valence-corrected chi connectivity index (χ3v) is 4.20. The molecule has 1 amide bonds. The number of ether oxygens (including phenoxy) is 3. The fourth-order valence-electron chi connectivity index (χ4n) is 2.81. The Bertz CT molecular complexity index is 1080. The molecule has 1 aromatic heterocycles. The lowest BCUT2D eigenvalue weighted by molar-refractivity contribution is 0.0600. The zero-order valence-corrected chi connectivity index (χ0v) is 15.5. The second-order valence-corrected chi connectivity index (χ2v) is 6.15. The second kappa shape index (κ2) is 7.89. The van der Waals surface area contributed by atoms with Gasteiger partial charge in [0, 0.05) is 29.3 Å². The normalized spacial score (nSPS) is 11.6. The molecule has 2 N–H and O–H groups in total. The number of carbonyl (C=O) groups excluding carboxylic acids is 2. The molecule has 0 aliphatic carbocycles. The fourth-order valence-corrected chi connectivity index (χ4v) is 2.81. The van der Waals surface area contributed by atoms with Crippen molar-refractivity contribution in [2.24, 2.45) is 0 Å². The van der Waals surface area contributed by atoms with Gasteiger partial charge in [0.2, 0.25) is 6.79 Å². The molecular weight excluding hydrogens is 374 g/mol. The largest absolute Gasteiger partial charge is 0.465 e. The quantitative estimate of drug-likeness (QED) is 0.641. The van der Waals surface area contributed by atoms with Crippen LogP contribution in [0.25, 0.3) is 0 Å². The van der Waals surface area contributed by atoms with E-state index in [0.29, 0.717) is 34.1 Å². The van der Waals surface area contributed by atoms with Crippen LogP contribution in [0.3, 0.4) is 0 Å². The molecule has 8 nitrogen and oxygen atoms in total. The van der Waals surface area contributed by atoms with E-state index in [1.54, 1.807) is 54.6 Å². The highest BCUT2D eigenvalue weighted by Crippen LogP contribution is 2.34. The molecule has 0 bridgehead atoms. The highest BCUT2D eigenvalue weighted by molar-refractivity contribution is 6.03. The van der Waals surface area contributed by atoms with Crippen molar-refractivity contribution in [2.75, 3.05) is 24.5 Å². The van der Waals surface area contributed by atoms with Crippen LogP contribution in [0.5, 0.6) is 11.5 Å². The summed E-state index contributed by atoms with van der Waals surface area (Å²) in [5, 5.41) is 5.94. The Hall–Kier alpha value is -4.07. The molecule has 0 fully saturated rings. The van der Waals surface area contributed by atoms with Crippen molar-refractivity contribution >= 4 is 28.9 Å². The Morgan fingerprint density at radius 2 is 1.79 bits per heavy atom. The number of methoxy groups -OCH3 is 1. The van der Waals surface area contributed by atoms with Crippen LogP contribution < -0.4 is 20.1 Å². The molecule has 0 radical (unpaired) electrons. The van der Waals surface area contributed by atoms with Gasteiger partial charge in [0.15, 0.2) is 11.5 Å². The first-order valence-electron chi connectivity index (χ1n) is 8.75. The number of benzene rings is 2. The number of aromatic nitrogens is 1. The standard InChI is InChI=1S/C21H17N3O5/c1-27-21(26)13-3-2-4-14(9-13)23-16-7-8-22-17(10-16)20(25)24-15-5-6-18-19(11-15)29-12-28-18/h2-11H,12H2,1H3,(H,22,23)(H,24,25). The molecule has 2 heterocycles. The zero-order chi connectivity index (χ0) is 20.2. The molecule has 0 saturated carbocycles. The Morgan fingerprint density at radius 3 is 2.66 bits per heavy atom. The second-order valence-electron chi connectivity index (χ2n) is 6.15. The summed E-state index contributed by atoms with van der Waals surface area (Å²) < 4.78 is 15.3. The van der Waals surface area contributed by atoms with Crippen LogP contribution in [0.4, 0.5) is 17.1 Å². The van der Waals surface area contributed by atoms with E-state index >= 15 is 0 Å². The number of esters is 1. The molecule has 0 atom stereocenters. The number of nitrogens with one attached hydrogen (secondary N) is 2. The summed E-state index contributed by atoms with van der Waals surface area (Å²) in [5.41, 5.74) is 2.56. The number of rotatable bonds is 5. The fraction of sp³-hybridized carbons (Fsp3) is 0.0952. The van der Waals surface area contributed by atoms with Gasteiger partial charge in [0.1, 0.15) is 5.69 Å². The highest BCUT2D eigenvalue weighted by atomic mass is 16.7. The van der Waals surface area contributed by atoms with Crippen LogP contribution >= 0.6 is 0 Å². The van der Waals surface area contributed by atoms with Crippen LogP contribution in [0.15, 0.2) is 60.8 Å². The summed E-state index contributed by atoms with van der Waals surface area (Å²) in [6, 6.07) is 15.4. The van der Waals surface area contributed by atoms with E-state index in [2.05, 4.69) is 15.6 Å². The molecule has 4 rings (SSSR count). The zero-order valence-electron chi connectivity index (χ0n) is 15.5. The van der Waals surface area contributed by atoms with Crippen molar-refractivity contribution < 1.29 is 23.8 Å². The summed E-state index contributed by atoms with van der Waals surface area (Å²) in [4.78, 5) is 28.4. The van der Waals surface area contributed by atoms with Crippen LogP contribution in [-0.2, 0) is 4.74 Å². The van der Waals surface area contributed by atoms with Crippen molar-refractivity contribution in [3.05, 3.63) is 72.1 Å². The van der Waals surface area contributed by atoms with Gasteiger partial charge in [0.25, 0.3) is 5.91 Å². The molecule has 29 heavy (non-hydrogen) atoms. The summed E-state index contributed by atoms with van der Waals surface area (Å²) >= 11 is 0. The molecule has 3 aromatic rings. The Balaban J connectivity index is 1.48. The first-order chi connectivity index (χ1) is 14.1. The predicted molar refractivity (Wildman–Crippen MR) is 106 cm³/mol. The van der Waals surface area contributed by atoms with Gasteiger partial charge < -0.3 is 24.8 Å². The first-order valence-corrected chi connectivity index (χ1v) is 8.75. The summed E-state index contributed by atoms with van der Waals surface area (Å²) in [6.45, 7) is 0.166. The van der Waals surface area contributed by atoms with Crippen LogP contribution in [0.1, 0.15) is 20.8 Å². The van der Waals surface area contributed by atoms with Gasteiger partial charge in [-0.15, -0.1) is 0 Å². The van der Waals surface area contributed by atoms with E-state index < -0.39 is 5.97 Å². The molecule has 8 heteroatoms. The highest BCUT2D eigenvalue weighted by Gasteiger charge is 2.15. The van der Waals surface area contributed by atoms with Crippen molar-refractivity contribution in [2.45, 2.75) is 0 Å². The van der Waals surface area contributed by atoms with Crippen molar-refractivity contribution in [1.82, 2.24) is 4.98 Å². The number of hydrogen-bond acceptors (Lipinski definition) is 7. The Kier molecular flexibility index (Phi) is 4.98. The number of amides is 1. The molecule has 1 aliphatic heterocycles. The topological polar surface area (TPSA) is 98.8 Å². The molecule has 1 aliphatic rings. The van der Waals surface area contributed by atoms with Gasteiger partial charge in [0.05, 0.1) is 12.7 Å². The van der Waals surface area contributed by atoms with Crippen molar-refractivity contribution in [3.8, 4) is 11.5 Å². The lowest BCUT2D eigenvalue weighted by atomic mass is 10.2. The Morgan fingerprint density at radius 1 is 0.966 bits per heavy atom. The molecule has 0 unspecified atom stereocenters. The van der Waals surface area contributed by atoms with Gasteiger partial charge in [-0.25, -0.2) is 4.79 Å². The van der Waals surface area contributed by atoms with Crippen LogP contribution in [-0.4, -0.2) is 30.8 Å². The first kappa shape index (κ1) is 18.3. The van der Waals surface area contributed by atoms with Crippen molar-refractivity contribution in [3.63, 3.8) is 0 Å². The number of carbonyl (C=O) groups is 2. The number of anilines is 3. The third-order valence-electron chi connectivity index (χ3n) is 4.20. The predicted octanol–water partition coefficient (Wildman–Crippen LogP) is 3.59. The Labute approximate surface area is 166 Å². The summed E-state index contributed by atoms with van der Waals surface area (Å²) in [7, 11) is 1.33. The van der Waals surface area contributed by atoms with E-state index in [9.17, 15) is 9.59 Å². The number of fused-ring (bicyclic) bond motifs is 1. The van der Waals surface area contributed by atoms with E-state index in [4.69, 9.17) is 14.2 Å². The minimum atomic E-state index is -0.424. The minimum Gasteiger partial charge on any atom is -0.465 e. The van der Waals surface area contributed by atoms with Gasteiger partial charge in [-0.05, 0) is 42.5 Å². The summed E-state index contributed by atoms with van der Waals surface area (Å²) in [6.07, 6.45) is 1.53. The maximum absolute atomic E-state index is 12.6.